The molecule has 0 aliphatic carbocycles. The summed E-state index contributed by atoms with van der Waals surface area (Å²) in [4.78, 5) is 8.95. The van der Waals surface area contributed by atoms with Crippen molar-refractivity contribution < 1.29 is 17.7 Å². The lowest BCUT2D eigenvalue weighted by Crippen LogP contribution is -2.04. The second-order valence-electron chi connectivity index (χ2n) is 5.84. The van der Waals surface area contributed by atoms with E-state index in [1.54, 1.807) is 42.4 Å². The SMILES string of the molecule is FC(F)(F)c1nc(-c2ccc(-n3cnc(CSc4ccccc4)c3)cc2)no1. The molecule has 0 unspecified atom stereocenters. The Kier molecular flexibility index (Phi) is 4.91. The normalized spacial score (nSPS) is 11.7. The number of thioether (sulfide) groups is 1. The molecule has 4 aromatic rings. The first-order chi connectivity index (χ1) is 13.5. The third-order valence-electron chi connectivity index (χ3n) is 3.86. The maximum Gasteiger partial charge on any atom is 0.471 e. The summed E-state index contributed by atoms with van der Waals surface area (Å²) < 4.78 is 43.8. The minimum Gasteiger partial charge on any atom is -0.329 e. The van der Waals surface area contributed by atoms with Crippen LogP contribution in [0.25, 0.3) is 17.1 Å². The summed E-state index contributed by atoms with van der Waals surface area (Å²) in [6.07, 6.45) is -1.04. The zero-order valence-electron chi connectivity index (χ0n) is 14.3. The van der Waals surface area contributed by atoms with Gasteiger partial charge in [0.25, 0.3) is 0 Å². The van der Waals surface area contributed by atoms with Crippen LogP contribution in [0.4, 0.5) is 13.2 Å². The molecule has 142 valence electrons. The van der Waals surface area contributed by atoms with E-state index in [1.165, 1.54) is 4.90 Å². The van der Waals surface area contributed by atoms with Gasteiger partial charge in [0.1, 0.15) is 0 Å². The number of hydrogen-bond acceptors (Lipinski definition) is 5. The molecule has 0 saturated carbocycles. The van der Waals surface area contributed by atoms with Gasteiger partial charge in [-0.25, -0.2) is 4.98 Å². The van der Waals surface area contributed by atoms with Crippen LogP contribution in [0.5, 0.6) is 0 Å². The van der Waals surface area contributed by atoms with Gasteiger partial charge in [0.05, 0.1) is 12.0 Å². The summed E-state index contributed by atoms with van der Waals surface area (Å²) in [5.74, 6) is -0.732. The van der Waals surface area contributed by atoms with Crippen molar-refractivity contribution in [3.63, 3.8) is 0 Å². The van der Waals surface area contributed by atoms with Gasteiger partial charge >= 0.3 is 12.1 Å². The molecule has 0 N–H and O–H groups in total. The van der Waals surface area contributed by atoms with Gasteiger partial charge in [-0.1, -0.05) is 23.4 Å². The molecule has 5 nitrogen and oxygen atoms in total. The van der Waals surface area contributed by atoms with Gasteiger partial charge in [0, 0.05) is 28.1 Å². The third-order valence-corrected chi connectivity index (χ3v) is 4.90. The standard InChI is InChI=1S/C19H13F3N4OS/c20-19(21,22)18-24-17(25-27-18)13-6-8-15(9-7-13)26-10-14(23-12-26)11-28-16-4-2-1-3-5-16/h1-10,12H,11H2. The van der Waals surface area contributed by atoms with Gasteiger partial charge in [-0.15, -0.1) is 11.8 Å². The van der Waals surface area contributed by atoms with Crippen LogP contribution in [0, 0.1) is 0 Å². The van der Waals surface area contributed by atoms with E-state index in [1.807, 2.05) is 41.1 Å². The molecule has 28 heavy (non-hydrogen) atoms. The van der Waals surface area contributed by atoms with Gasteiger partial charge in [-0.3, -0.25) is 0 Å². The molecular weight excluding hydrogens is 389 g/mol. The van der Waals surface area contributed by atoms with Crippen LogP contribution in [0.2, 0.25) is 0 Å². The zero-order valence-corrected chi connectivity index (χ0v) is 15.1. The number of nitrogens with zero attached hydrogens (tertiary/aromatic N) is 4. The van der Waals surface area contributed by atoms with Crippen molar-refractivity contribution >= 4 is 11.8 Å². The summed E-state index contributed by atoms with van der Waals surface area (Å²) >= 11 is 1.69. The fourth-order valence-corrected chi connectivity index (χ4v) is 3.31. The van der Waals surface area contributed by atoms with Crippen LogP contribution in [0.15, 0.2) is 76.5 Å². The number of alkyl halides is 3. The molecular formula is C19H13F3N4OS. The molecule has 0 amide bonds. The fraction of sp³-hybridized carbons (Fsp3) is 0.105. The van der Waals surface area contributed by atoms with Crippen molar-refractivity contribution in [2.75, 3.05) is 0 Å². The Morgan fingerprint density at radius 2 is 1.75 bits per heavy atom. The molecule has 0 fully saturated rings. The Labute approximate surface area is 162 Å². The molecule has 0 atom stereocenters. The Bertz CT molecular complexity index is 1060. The Balaban J connectivity index is 1.45. The van der Waals surface area contributed by atoms with Gasteiger partial charge in [-0.05, 0) is 36.4 Å². The maximum absolute atomic E-state index is 12.6. The molecule has 0 bridgehead atoms. The van der Waals surface area contributed by atoms with Crippen molar-refractivity contribution in [3.8, 4) is 17.1 Å². The summed E-state index contributed by atoms with van der Waals surface area (Å²) in [6.45, 7) is 0. The summed E-state index contributed by atoms with van der Waals surface area (Å²) in [5.41, 5.74) is 2.18. The van der Waals surface area contributed by atoms with E-state index in [2.05, 4.69) is 19.6 Å². The molecule has 2 aromatic heterocycles. The van der Waals surface area contributed by atoms with Crippen molar-refractivity contribution in [3.05, 3.63) is 78.7 Å². The lowest BCUT2D eigenvalue weighted by molar-refractivity contribution is -0.159. The lowest BCUT2D eigenvalue weighted by atomic mass is 10.2. The van der Waals surface area contributed by atoms with E-state index < -0.39 is 12.1 Å². The first-order valence-corrected chi connectivity index (χ1v) is 9.20. The van der Waals surface area contributed by atoms with Crippen LogP contribution in [-0.4, -0.2) is 19.7 Å². The molecule has 4 rings (SSSR count). The summed E-state index contributed by atoms with van der Waals surface area (Å²) in [7, 11) is 0. The molecule has 2 aromatic carbocycles. The second-order valence-corrected chi connectivity index (χ2v) is 6.89. The van der Waals surface area contributed by atoms with Crippen LogP contribution >= 0.6 is 11.8 Å². The summed E-state index contributed by atoms with van der Waals surface area (Å²) in [5, 5.41) is 3.38. The van der Waals surface area contributed by atoms with Gasteiger partial charge in [-0.2, -0.15) is 18.2 Å². The number of halogens is 3. The van der Waals surface area contributed by atoms with Crippen LogP contribution in [0.1, 0.15) is 11.6 Å². The highest BCUT2D eigenvalue weighted by Crippen LogP contribution is 2.29. The monoisotopic (exact) mass is 402 g/mol. The highest BCUT2D eigenvalue weighted by Gasteiger charge is 2.38. The molecule has 0 radical (unpaired) electrons. The summed E-state index contributed by atoms with van der Waals surface area (Å²) in [6, 6.07) is 16.8. The van der Waals surface area contributed by atoms with Gasteiger partial charge in [0.2, 0.25) is 5.82 Å². The van der Waals surface area contributed by atoms with E-state index in [9.17, 15) is 13.2 Å². The topological polar surface area (TPSA) is 56.7 Å². The molecule has 0 aliphatic rings. The Hall–Kier alpha value is -3.07. The van der Waals surface area contributed by atoms with Crippen LogP contribution < -0.4 is 0 Å². The number of hydrogen-bond donors (Lipinski definition) is 0. The van der Waals surface area contributed by atoms with Crippen LogP contribution in [0.3, 0.4) is 0 Å². The van der Waals surface area contributed by atoms with Gasteiger partial charge < -0.3 is 9.09 Å². The Morgan fingerprint density at radius 3 is 2.43 bits per heavy atom. The minimum absolute atomic E-state index is 0.107. The smallest absolute Gasteiger partial charge is 0.329 e. The highest BCUT2D eigenvalue weighted by molar-refractivity contribution is 7.98. The third kappa shape index (κ3) is 4.09. The second kappa shape index (κ2) is 7.51. The molecule has 9 heteroatoms. The van der Waals surface area contributed by atoms with Crippen molar-refractivity contribution in [1.82, 2.24) is 19.7 Å². The first kappa shape index (κ1) is 18.3. The van der Waals surface area contributed by atoms with Gasteiger partial charge in [0.15, 0.2) is 0 Å². The average Bonchev–Trinajstić information content (AvgIpc) is 3.37. The number of aromatic nitrogens is 4. The maximum atomic E-state index is 12.6. The Morgan fingerprint density at radius 1 is 1.00 bits per heavy atom. The van der Waals surface area contributed by atoms with E-state index in [0.717, 1.165) is 17.1 Å². The highest BCUT2D eigenvalue weighted by atomic mass is 32.2. The molecule has 0 spiro atoms. The number of benzene rings is 2. The average molecular weight is 402 g/mol. The van der Waals surface area contributed by atoms with E-state index >= 15 is 0 Å². The minimum atomic E-state index is -4.66. The van der Waals surface area contributed by atoms with Crippen molar-refractivity contribution in [2.24, 2.45) is 0 Å². The lowest BCUT2D eigenvalue weighted by Gasteiger charge is -2.02. The van der Waals surface area contributed by atoms with E-state index in [0.29, 0.717) is 5.56 Å². The van der Waals surface area contributed by atoms with E-state index in [4.69, 9.17) is 0 Å². The quantitative estimate of drug-likeness (QED) is 0.428. The number of imidazole rings is 1. The molecule has 2 heterocycles. The number of rotatable bonds is 5. The predicted octanol–water partition coefficient (Wildman–Crippen LogP) is 5.23. The van der Waals surface area contributed by atoms with Crippen molar-refractivity contribution in [1.29, 1.82) is 0 Å². The first-order valence-electron chi connectivity index (χ1n) is 8.21. The zero-order chi connectivity index (χ0) is 19.6. The molecule has 0 saturated heterocycles. The predicted molar refractivity (Wildman–Crippen MR) is 97.9 cm³/mol. The van der Waals surface area contributed by atoms with Crippen LogP contribution in [-0.2, 0) is 11.9 Å². The fourth-order valence-electron chi connectivity index (χ4n) is 2.49. The molecule has 0 aliphatic heterocycles. The van der Waals surface area contributed by atoms with Crippen molar-refractivity contribution in [2.45, 2.75) is 16.8 Å². The van der Waals surface area contributed by atoms with E-state index in [-0.39, 0.29) is 5.82 Å². The largest absolute Gasteiger partial charge is 0.471 e.